The molecule has 13 heterocycles. The molecular formula is C132H78N12O3. The maximum absolute atomic E-state index is 6.61. The molecule has 15 heteroatoms. The van der Waals surface area contributed by atoms with E-state index in [4.69, 9.17) is 58.1 Å². The van der Waals surface area contributed by atoms with Crippen LogP contribution >= 0.6 is 0 Å². The van der Waals surface area contributed by atoms with Crippen molar-refractivity contribution in [2.24, 2.45) is 0 Å². The van der Waals surface area contributed by atoms with E-state index in [1.807, 2.05) is 183 Å². The summed E-state index contributed by atoms with van der Waals surface area (Å²) in [5.41, 5.74) is 33.1. The van der Waals surface area contributed by atoms with E-state index in [0.717, 1.165) is 248 Å². The van der Waals surface area contributed by atoms with E-state index in [1.54, 1.807) is 6.20 Å². The molecule has 0 bridgehead atoms. The molecule has 0 aliphatic heterocycles. The fraction of sp³-hybridized carbons (Fsp3) is 0. The zero-order chi connectivity index (χ0) is 96.9. The molecule has 17 aromatic carbocycles. The number of nitrogens with zero attached hydrogens (tertiary/aromatic N) is 12. The van der Waals surface area contributed by atoms with Crippen LogP contribution < -0.4 is 0 Å². The van der Waals surface area contributed by atoms with Crippen LogP contribution in [-0.4, -0.2) is 59.8 Å². The average molecular weight is 1880 g/mol. The molecule has 15 nitrogen and oxygen atoms in total. The summed E-state index contributed by atoms with van der Waals surface area (Å²) in [7, 11) is 0. The Morgan fingerprint density at radius 1 is 0.163 bits per heavy atom. The fourth-order valence-corrected chi connectivity index (χ4v) is 21.1. The molecule has 0 saturated carbocycles. The Bertz CT molecular complexity index is 10400. The van der Waals surface area contributed by atoms with Gasteiger partial charge in [0.2, 0.25) is 0 Å². The molecule has 30 rings (SSSR count). The van der Waals surface area contributed by atoms with E-state index in [2.05, 4.69) is 300 Å². The maximum atomic E-state index is 6.61. The molecule has 147 heavy (non-hydrogen) atoms. The van der Waals surface area contributed by atoms with Crippen molar-refractivity contribution in [3.63, 3.8) is 0 Å². The number of para-hydroxylation sites is 5. The summed E-state index contributed by atoms with van der Waals surface area (Å²) in [6.45, 7) is 0. The highest BCUT2D eigenvalue weighted by molar-refractivity contribution is 6.27. The first kappa shape index (κ1) is 84.9. The zero-order valence-electron chi connectivity index (χ0n) is 78.6. The predicted molar refractivity (Wildman–Crippen MR) is 597 cm³/mol. The van der Waals surface area contributed by atoms with Gasteiger partial charge in [-0.05, 0) is 135 Å². The highest BCUT2D eigenvalue weighted by Crippen LogP contribution is 2.48. The van der Waals surface area contributed by atoms with E-state index < -0.39 is 0 Å². The minimum atomic E-state index is 0.595. The molecule has 0 aliphatic rings. The Morgan fingerprint density at radius 2 is 0.524 bits per heavy atom. The third kappa shape index (κ3) is 15.1. The van der Waals surface area contributed by atoms with Crippen molar-refractivity contribution in [3.8, 4) is 135 Å². The van der Waals surface area contributed by atoms with Gasteiger partial charge in [0.25, 0.3) is 0 Å². The Morgan fingerprint density at radius 3 is 1.05 bits per heavy atom. The summed E-state index contributed by atoms with van der Waals surface area (Å²) < 4.78 is 19.7. The number of aromatic nitrogens is 12. The van der Waals surface area contributed by atoms with Crippen LogP contribution in [0.5, 0.6) is 0 Å². The topological polar surface area (TPSA) is 194 Å². The number of pyridine rings is 9. The van der Waals surface area contributed by atoms with Crippen LogP contribution in [0.3, 0.4) is 0 Å². The molecule has 0 radical (unpaired) electrons. The molecule has 0 spiro atoms. The van der Waals surface area contributed by atoms with Gasteiger partial charge in [-0.1, -0.05) is 346 Å². The third-order valence-electron chi connectivity index (χ3n) is 28.2. The van der Waals surface area contributed by atoms with Crippen molar-refractivity contribution in [2.45, 2.75) is 0 Å². The van der Waals surface area contributed by atoms with Crippen molar-refractivity contribution in [2.75, 3.05) is 0 Å². The molecule has 0 N–H and O–H groups in total. The van der Waals surface area contributed by atoms with Crippen molar-refractivity contribution >= 4 is 164 Å². The maximum Gasteiger partial charge on any atom is 0.164 e. The molecule has 0 atom stereocenters. The smallest absolute Gasteiger partial charge is 0.164 e. The van der Waals surface area contributed by atoms with Gasteiger partial charge in [-0.25, -0.2) is 29.9 Å². The number of hydrogen-bond acceptors (Lipinski definition) is 15. The van der Waals surface area contributed by atoms with Crippen molar-refractivity contribution in [1.82, 2.24) is 59.8 Å². The molecule has 13 aromatic heterocycles. The monoisotopic (exact) mass is 1880 g/mol. The first-order chi connectivity index (χ1) is 72.8. The third-order valence-corrected chi connectivity index (χ3v) is 28.2. The number of rotatable bonds is 12. The SMILES string of the molecule is c1ccc(-c2ccc(-c3nc4cc(-c5cccc6cccnc56)cnc4c4c3ccc3c5ccccc5oc34)cc2)cc1.c1ccc(-c2nc(-c3ccccc3)nc(-c3ccc(-c4nc5cc(-c6ccnc7ccccc67)cnc5c5c4ccc4c6ccccc6oc45)cc3)n2)cc1.c1cncc(-c2cccc(-c3cnc4c(c3)nc(-c3ccc(-c5cccc6ccccc56)cc3)c3ccc5c6ccccc6oc5c34)c2)c1. The van der Waals surface area contributed by atoms with Gasteiger partial charge in [-0.2, -0.15) is 0 Å². The Hall–Kier alpha value is -20.2. The molecule has 0 saturated heterocycles. The second-order valence-electron chi connectivity index (χ2n) is 36.8. The van der Waals surface area contributed by atoms with Crippen LogP contribution in [-0.2, 0) is 0 Å². The van der Waals surface area contributed by atoms with E-state index in [-0.39, 0.29) is 0 Å². The first-order valence-corrected chi connectivity index (χ1v) is 48.9. The van der Waals surface area contributed by atoms with Gasteiger partial charge in [0.1, 0.15) is 50.0 Å². The van der Waals surface area contributed by atoms with Gasteiger partial charge in [0.15, 0.2) is 17.5 Å². The van der Waals surface area contributed by atoms with Crippen molar-refractivity contribution in [1.29, 1.82) is 0 Å². The van der Waals surface area contributed by atoms with Crippen LogP contribution in [0.4, 0.5) is 0 Å². The Balaban J connectivity index is 0.000000107. The summed E-state index contributed by atoms with van der Waals surface area (Å²) in [5, 5.41) is 16.9. The minimum Gasteiger partial charge on any atom is -0.455 e. The van der Waals surface area contributed by atoms with E-state index >= 15 is 0 Å². The summed E-state index contributed by atoms with van der Waals surface area (Å²) in [4.78, 5) is 59.6. The van der Waals surface area contributed by atoms with Crippen LogP contribution in [0.25, 0.3) is 299 Å². The summed E-state index contributed by atoms with van der Waals surface area (Å²) in [5.74, 6) is 1.84. The van der Waals surface area contributed by atoms with Crippen LogP contribution in [0, 0.1) is 0 Å². The largest absolute Gasteiger partial charge is 0.455 e. The molecule has 684 valence electrons. The molecule has 0 amide bonds. The van der Waals surface area contributed by atoms with Gasteiger partial charge in [0, 0.05) is 164 Å². The quantitative estimate of drug-likeness (QED) is 0.105. The van der Waals surface area contributed by atoms with Gasteiger partial charge in [-0.15, -0.1) is 0 Å². The Kier molecular flexibility index (Phi) is 20.5. The van der Waals surface area contributed by atoms with Gasteiger partial charge < -0.3 is 13.3 Å². The lowest BCUT2D eigenvalue weighted by Gasteiger charge is -2.13. The molecule has 0 aliphatic carbocycles. The van der Waals surface area contributed by atoms with E-state index in [9.17, 15) is 0 Å². The van der Waals surface area contributed by atoms with E-state index in [1.165, 1.54) is 33.0 Å². The highest BCUT2D eigenvalue weighted by Gasteiger charge is 2.26. The minimum absolute atomic E-state index is 0.595. The van der Waals surface area contributed by atoms with Crippen molar-refractivity contribution in [3.05, 3.63) is 474 Å². The van der Waals surface area contributed by atoms with Crippen molar-refractivity contribution < 1.29 is 13.3 Å². The lowest BCUT2D eigenvalue weighted by Crippen LogP contribution is -2.00. The van der Waals surface area contributed by atoms with E-state index in [0.29, 0.717) is 17.5 Å². The Labute approximate surface area is 839 Å². The first-order valence-electron chi connectivity index (χ1n) is 48.9. The van der Waals surface area contributed by atoms with Crippen LogP contribution in [0.15, 0.2) is 487 Å². The van der Waals surface area contributed by atoms with Gasteiger partial charge in [0.05, 0.1) is 60.8 Å². The normalized spacial score (nSPS) is 11.7. The average Bonchev–Trinajstić information content (AvgIpc) is 1.64. The number of fused-ring (bicyclic) bond motifs is 24. The molecule has 0 fully saturated rings. The second-order valence-corrected chi connectivity index (χ2v) is 36.8. The van der Waals surface area contributed by atoms with Gasteiger partial charge in [-0.3, -0.25) is 29.9 Å². The molecular weight excluding hydrogens is 1800 g/mol. The number of furan rings is 3. The zero-order valence-corrected chi connectivity index (χ0v) is 78.6. The van der Waals surface area contributed by atoms with Crippen LogP contribution in [0.2, 0.25) is 0 Å². The highest BCUT2D eigenvalue weighted by atomic mass is 16.3. The summed E-state index contributed by atoms with van der Waals surface area (Å²) >= 11 is 0. The lowest BCUT2D eigenvalue weighted by molar-refractivity contribution is 0.672. The standard InChI is InChI=1S/C48H28N6O.C45H27N3O.C39H23N3O/c1-3-11-30(12-4-1)46-52-47(31-13-5-2-6-14-31)54-48(53-46)32-21-19-29(20-22-32)43-38-24-23-37-36-16-8-10-18-41(36)55-45(37)42(38)44-40(51-43)27-33(28-50-44)34-25-26-49-39-17-9-7-15-35(34)39;1-2-13-35-28(8-1)9-6-15-36(35)29-17-19-30(20-18-29)43-39-22-21-38-37-14-3-4-16-41(37)49-45(38)42(39)44-40(48-43)25-34(27-47-44)32-11-5-10-31(24-32)33-12-7-23-46-26-33;1-2-8-24(9-3-1)25-15-17-27(18-16-25)37-32-20-19-31-30-12-4-5-14-34(30)43-39(31)35(32)38-33(42-37)22-28(23-41-38)29-13-6-10-26-11-7-21-40-36(26)29/h1-28H;1-27H;1-23H. The number of benzene rings is 17. The molecule has 0 unspecified atom stereocenters. The van der Waals surface area contributed by atoms with Gasteiger partial charge >= 0.3 is 0 Å². The molecule has 30 aromatic rings. The van der Waals surface area contributed by atoms with Crippen LogP contribution in [0.1, 0.15) is 0 Å². The predicted octanol–water partition coefficient (Wildman–Crippen LogP) is 33.9. The summed E-state index contributed by atoms with van der Waals surface area (Å²) in [6.07, 6.45) is 13.2. The number of hydrogen-bond donors (Lipinski definition) is 0. The summed E-state index contributed by atoms with van der Waals surface area (Å²) in [6, 6.07) is 148. The second kappa shape index (κ2) is 35.6. The fourth-order valence-electron chi connectivity index (χ4n) is 21.1. The lowest BCUT2D eigenvalue weighted by atomic mass is 9.95.